The minimum Gasteiger partial charge on any atom is -0.497 e. The maximum Gasteiger partial charge on any atom is 0.224 e. The predicted octanol–water partition coefficient (Wildman–Crippen LogP) is 0.751. The summed E-state index contributed by atoms with van der Waals surface area (Å²) in [6.07, 6.45) is 0.790. The van der Waals surface area contributed by atoms with Crippen molar-refractivity contribution in [2.24, 2.45) is 0 Å². The number of aliphatic hydroxyl groups is 1. The van der Waals surface area contributed by atoms with E-state index in [2.05, 4.69) is 5.32 Å². The number of nitrogens with one attached hydrogen (secondary N) is 1. The highest BCUT2D eigenvalue weighted by Crippen LogP contribution is 2.11. The first kappa shape index (κ1) is 15.5. The summed E-state index contributed by atoms with van der Waals surface area (Å²) in [7, 11) is 3.17. The number of hydrogen-bond donors (Lipinski definition) is 2. The second-order valence-corrected chi connectivity index (χ2v) is 4.26. The molecular formula is C14H21NO4. The number of methoxy groups -OCH3 is 2. The smallest absolute Gasteiger partial charge is 0.224 e. The van der Waals surface area contributed by atoms with E-state index in [1.165, 1.54) is 0 Å². The second-order valence-electron chi connectivity index (χ2n) is 4.26. The van der Waals surface area contributed by atoms with Gasteiger partial charge in [0.15, 0.2) is 0 Å². The summed E-state index contributed by atoms with van der Waals surface area (Å²) in [4.78, 5) is 11.8. The molecular weight excluding hydrogens is 246 g/mol. The highest BCUT2D eigenvalue weighted by atomic mass is 16.5. The topological polar surface area (TPSA) is 67.8 Å². The van der Waals surface area contributed by atoms with Crippen LogP contribution in [0.15, 0.2) is 24.3 Å². The van der Waals surface area contributed by atoms with Crippen LogP contribution in [0, 0.1) is 0 Å². The van der Waals surface area contributed by atoms with E-state index in [9.17, 15) is 4.79 Å². The molecule has 0 spiro atoms. The van der Waals surface area contributed by atoms with Crippen molar-refractivity contribution >= 4 is 5.91 Å². The third kappa shape index (κ3) is 5.72. The lowest BCUT2D eigenvalue weighted by atomic mass is 10.1. The molecule has 1 atom stereocenters. The Balaban J connectivity index is 2.48. The van der Waals surface area contributed by atoms with Gasteiger partial charge in [0, 0.05) is 13.7 Å². The Morgan fingerprint density at radius 2 is 2.00 bits per heavy atom. The van der Waals surface area contributed by atoms with E-state index in [1.807, 2.05) is 24.3 Å². The standard InChI is InChI=1S/C14H21NO4/c1-18-10-12(7-8-16)15-14(17)9-11-3-5-13(19-2)6-4-11/h3-6,12,16H,7-10H2,1-2H3,(H,15,17). The summed E-state index contributed by atoms with van der Waals surface area (Å²) >= 11 is 0. The fourth-order valence-electron chi connectivity index (χ4n) is 1.76. The van der Waals surface area contributed by atoms with Crippen LogP contribution < -0.4 is 10.1 Å². The molecule has 1 aromatic rings. The van der Waals surface area contributed by atoms with Crippen LogP contribution in [0.1, 0.15) is 12.0 Å². The fourth-order valence-corrected chi connectivity index (χ4v) is 1.76. The van der Waals surface area contributed by atoms with E-state index in [0.29, 0.717) is 19.4 Å². The van der Waals surface area contributed by atoms with E-state index in [4.69, 9.17) is 14.6 Å². The largest absolute Gasteiger partial charge is 0.497 e. The van der Waals surface area contributed by atoms with Gasteiger partial charge in [0.05, 0.1) is 26.2 Å². The third-order valence-electron chi connectivity index (χ3n) is 2.73. The Bertz CT molecular complexity index is 372. The van der Waals surface area contributed by atoms with Gasteiger partial charge in [-0.1, -0.05) is 12.1 Å². The molecule has 0 fully saturated rings. The zero-order chi connectivity index (χ0) is 14.1. The van der Waals surface area contributed by atoms with Crippen molar-refractivity contribution in [2.75, 3.05) is 27.4 Å². The van der Waals surface area contributed by atoms with Crippen LogP contribution in [-0.4, -0.2) is 44.5 Å². The predicted molar refractivity (Wildman–Crippen MR) is 72.2 cm³/mol. The van der Waals surface area contributed by atoms with Gasteiger partial charge in [-0.2, -0.15) is 0 Å². The van der Waals surface area contributed by atoms with Crippen molar-refractivity contribution in [2.45, 2.75) is 18.9 Å². The molecule has 19 heavy (non-hydrogen) atoms. The monoisotopic (exact) mass is 267 g/mol. The van der Waals surface area contributed by atoms with Gasteiger partial charge < -0.3 is 19.9 Å². The molecule has 0 aliphatic carbocycles. The molecule has 106 valence electrons. The van der Waals surface area contributed by atoms with E-state index in [1.54, 1.807) is 14.2 Å². The first-order valence-electron chi connectivity index (χ1n) is 6.21. The number of aliphatic hydroxyl groups excluding tert-OH is 1. The highest BCUT2D eigenvalue weighted by Gasteiger charge is 2.12. The Kier molecular flexibility index (Phi) is 6.92. The molecule has 0 aliphatic rings. The van der Waals surface area contributed by atoms with Gasteiger partial charge in [0.25, 0.3) is 0 Å². The molecule has 0 saturated carbocycles. The molecule has 1 amide bonds. The van der Waals surface area contributed by atoms with Crippen molar-refractivity contribution in [1.29, 1.82) is 0 Å². The van der Waals surface area contributed by atoms with E-state index < -0.39 is 0 Å². The minimum absolute atomic E-state index is 0.0246. The van der Waals surface area contributed by atoms with Gasteiger partial charge >= 0.3 is 0 Å². The van der Waals surface area contributed by atoms with E-state index >= 15 is 0 Å². The van der Waals surface area contributed by atoms with E-state index in [0.717, 1.165) is 11.3 Å². The lowest BCUT2D eigenvalue weighted by Crippen LogP contribution is -2.39. The lowest BCUT2D eigenvalue weighted by Gasteiger charge is -2.16. The van der Waals surface area contributed by atoms with Gasteiger partial charge in [-0.05, 0) is 24.1 Å². The maximum atomic E-state index is 11.8. The van der Waals surface area contributed by atoms with Crippen LogP contribution in [0.5, 0.6) is 5.75 Å². The van der Waals surface area contributed by atoms with Crippen molar-refractivity contribution in [3.63, 3.8) is 0 Å². The fraction of sp³-hybridized carbons (Fsp3) is 0.500. The van der Waals surface area contributed by atoms with E-state index in [-0.39, 0.29) is 18.6 Å². The Morgan fingerprint density at radius 1 is 1.32 bits per heavy atom. The molecule has 1 unspecified atom stereocenters. The molecule has 2 N–H and O–H groups in total. The van der Waals surface area contributed by atoms with Gasteiger partial charge in [0.1, 0.15) is 5.75 Å². The quantitative estimate of drug-likeness (QED) is 0.729. The summed E-state index contributed by atoms with van der Waals surface area (Å²) in [6, 6.07) is 7.21. The third-order valence-corrected chi connectivity index (χ3v) is 2.73. The zero-order valence-electron chi connectivity index (χ0n) is 11.4. The maximum absolute atomic E-state index is 11.8. The van der Waals surface area contributed by atoms with Crippen LogP contribution >= 0.6 is 0 Å². The van der Waals surface area contributed by atoms with Crippen molar-refractivity contribution in [1.82, 2.24) is 5.32 Å². The first-order valence-corrected chi connectivity index (χ1v) is 6.21. The summed E-state index contributed by atoms with van der Waals surface area (Å²) in [5.41, 5.74) is 0.915. The molecule has 1 aromatic carbocycles. The number of amides is 1. The lowest BCUT2D eigenvalue weighted by molar-refractivity contribution is -0.121. The van der Waals surface area contributed by atoms with Crippen LogP contribution in [0.25, 0.3) is 0 Å². The number of carbonyl (C=O) groups is 1. The normalized spacial score (nSPS) is 11.9. The van der Waals surface area contributed by atoms with Gasteiger partial charge in [-0.15, -0.1) is 0 Å². The summed E-state index contributed by atoms with van der Waals surface area (Å²) in [6.45, 7) is 0.422. The Morgan fingerprint density at radius 3 is 2.53 bits per heavy atom. The number of benzene rings is 1. The number of carbonyl (C=O) groups excluding carboxylic acids is 1. The zero-order valence-corrected chi connectivity index (χ0v) is 11.4. The van der Waals surface area contributed by atoms with Gasteiger partial charge in [-0.3, -0.25) is 4.79 Å². The van der Waals surface area contributed by atoms with Crippen LogP contribution in [0.3, 0.4) is 0 Å². The molecule has 0 heterocycles. The second kappa shape index (κ2) is 8.50. The Labute approximate surface area is 113 Å². The average Bonchev–Trinajstić information content (AvgIpc) is 2.40. The van der Waals surface area contributed by atoms with Gasteiger partial charge in [-0.25, -0.2) is 0 Å². The minimum atomic E-state index is -0.152. The Hall–Kier alpha value is -1.59. The van der Waals surface area contributed by atoms with Crippen molar-refractivity contribution in [3.8, 4) is 5.75 Å². The van der Waals surface area contributed by atoms with Crippen molar-refractivity contribution < 1.29 is 19.4 Å². The molecule has 0 bridgehead atoms. The summed E-state index contributed by atoms with van der Waals surface area (Å²) < 4.78 is 10.1. The summed E-state index contributed by atoms with van der Waals surface area (Å²) in [5, 5.41) is 11.7. The average molecular weight is 267 g/mol. The number of ether oxygens (including phenoxy) is 2. The number of rotatable bonds is 8. The molecule has 0 saturated heterocycles. The van der Waals surface area contributed by atoms with Crippen LogP contribution in [0.2, 0.25) is 0 Å². The molecule has 0 aromatic heterocycles. The van der Waals surface area contributed by atoms with Crippen LogP contribution in [-0.2, 0) is 16.0 Å². The molecule has 5 nitrogen and oxygen atoms in total. The molecule has 5 heteroatoms. The highest BCUT2D eigenvalue weighted by molar-refractivity contribution is 5.78. The molecule has 0 radical (unpaired) electrons. The SMILES string of the molecule is COCC(CCO)NC(=O)Cc1ccc(OC)cc1. The number of hydrogen-bond acceptors (Lipinski definition) is 4. The van der Waals surface area contributed by atoms with Gasteiger partial charge in [0.2, 0.25) is 5.91 Å². The summed E-state index contributed by atoms with van der Waals surface area (Å²) in [5.74, 6) is 0.683. The molecule has 0 aliphatic heterocycles. The molecule has 1 rings (SSSR count). The first-order chi connectivity index (χ1) is 9.19. The van der Waals surface area contributed by atoms with Crippen LogP contribution in [0.4, 0.5) is 0 Å². The van der Waals surface area contributed by atoms with Crippen molar-refractivity contribution in [3.05, 3.63) is 29.8 Å².